The fraction of sp³-hybridized carbons (Fsp3) is 0.833. The number of ketones is 1. The molecule has 3 unspecified atom stereocenters. The molecular formula is C12H19N3O3. The topological polar surface area (TPSA) is 121 Å². The zero-order chi connectivity index (χ0) is 13.2. The predicted octanol–water partition coefficient (Wildman–Crippen LogP) is -0.791. The van der Waals surface area contributed by atoms with Crippen LogP contribution in [0.1, 0.15) is 32.1 Å². The number of Topliss-reactive ketones (excluding diaryl/α,β-unsaturated/α-hetero) is 1. The fourth-order valence-electron chi connectivity index (χ4n) is 3.98. The number of nitrogens with two attached hydrogens (primary N) is 3. The van der Waals surface area contributed by atoms with Gasteiger partial charge in [-0.1, -0.05) is 0 Å². The molecule has 3 fully saturated rings. The lowest BCUT2D eigenvalue weighted by Gasteiger charge is -2.22. The van der Waals surface area contributed by atoms with Crippen molar-refractivity contribution in [2.75, 3.05) is 6.61 Å². The van der Waals surface area contributed by atoms with Crippen LogP contribution in [0.15, 0.2) is 0 Å². The van der Waals surface area contributed by atoms with Gasteiger partial charge in [-0.3, -0.25) is 26.8 Å². The first-order chi connectivity index (χ1) is 8.28. The van der Waals surface area contributed by atoms with E-state index in [4.69, 9.17) is 21.9 Å². The third kappa shape index (κ3) is 1.52. The Morgan fingerprint density at radius 2 is 2.11 bits per heavy atom. The second-order valence-electron chi connectivity index (χ2n) is 6.30. The number of carbonyl (C=O) groups is 2. The molecule has 0 aromatic rings. The molecule has 3 aliphatic rings. The van der Waals surface area contributed by atoms with Gasteiger partial charge in [-0.25, -0.2) is 0 Å². The molecule has 0 saturated heterocycles. The van der Waals surface area contributed by atoms with Gasteiger partial charge >= 0.3 is 5.97 Å². The van der Waals surface area contributed by atoms with Crippen molar-refractivity contribution in [2.24, 2.45) is 33.9 Å². The average Bonchev–Trinajstić information content (AvgIpc) is 2.80. The van der Waals surface area contributed by atoms with Crippen LogP contribution < -0.4 is 17.2 Å². The van der Waals surface area contributed by atoms with Gasteiger partial charge in [-0.05, 0) is 31.1 Å². The van der Waals surface area contributed by atoms with Crippen molar-refractivity contribution >= 4 is 11.8 Å². The lowest BCUT2D eigenvalue weighted by atomic mass is 9.82. The van der Waals surface area contributed by atoms with Crippen molar-refractivity contribution < 1.29 is 14.3 Å². The molecule has 3 rings (SSSR count). The molecule has 1 spiro atoms. The predicted molar refractivity (Wildman–Crippen MR) is 62.7 cm³/mol. The van der Waals surface area contributed by atoms with Crippen LogP contribution in [0, 0.1) is 16.7 Å². The van der Waals surface area contributed by atoms with Crippen molar-refractivity contribution in [3.05, 3.63) is 0 Å². The number of hydrogen-bond donors (Lipinski definition) is 3. The summed E-state index contributed by atoms with van der Waals surface area (Å²) in [6.45, 7) is -0.192. The van der Waals surface area contributed by atoms with Crippen molar-refractivity contribution in [2.45, 2.75) is 37.9 Å². The minimum Gasteiger partial charge on any atom is -0.460 e. The van der Waals surface area contributed by atoms with Gasteiger partial charge < -0.3 is 4.74 Å². The molecule has 100 valence electrons. The smallest absolute Gasteiger partial charge is 0.312 e. The van der Waals surface area contributed by atoms with Gasteiger partial charge in [0, 0.05) is 12.3 Å². The molecule has 0 radical (unpaired) electrons. The summed E-state index contributed by atoms with van der Waals surface area (Å²) >= 11 is 0. The van der Waals surface area contributed by atoms with E-state index in [1.54, 1.807) is 0 Å². The Kier molecular flexibility index (Phi) is 2.22. The van der Waals surface area contributed by atoms with Crippen molar-refractivity contribution in [3.8, 4) is 0 Å². The average molecular weight is 253 g/mol. The number of fused-ring (bicyclic) bond motifs is 1. The summed E-state index contributed by atoms with van der Waals surface area (Å²) in [5.41, 5.74) is 15.7. The van der Waals surface area contributed by atoms with Crippen molar-refractivity contribution in [1.82, 2.24) is 0 Å². The highest BCUT2D eigenvalue weighted by atomic mass is 16.5. The van der Waals surface area contributed by atoms with Gasteiger partial charge in [0.1, 0.15) is 12.4 Å². The first-order valence-corrected chi connectivity index (χ1v) is 6.35. The summed E-state index contributed by atoms with van der Waals surface area (Å²) in [7, 11) is 0. The highest BCUT2D eigenvalue weighted by molar-refractivity contribution is 5.90. The van der Waals surface area contributed by atoms with E-state index in [2.05, 4.69) is 0 Å². The molecule has 6 N–H and O–H groups in total. The van der Waals surface area contributed by atoms with Crippen LogP contribution in [0.2, 0.25) is 0 Å². The Hall–Kier alpha value is -0.980. The van der Waals surface area contributed by atoms with E-state index in [0.29, 0.717) is 18.6 Å². The van der Waals surface area contributed by atoms with E-state index in [1.807, 2.05) is 0 Å². The largest absolute Gasteiger partial charge is 0.460 e. The molecule has 6 nitrogen and oxygen atoms in total. The Morgan fingerprint density at radius 3 is 2.72 bits per heavy atom. The van der Waals surface area contributed by atoms with Gasteiger partial charge in [0.25, 0.3) is 0 Å². The molecule has 0 aromatic heterocycles. The second-order valence-corrected chi connectivity index (χ2v) is 6.30. The zero-order valence-corrected chi connectivity index (χ0v) is 10.3. The maximum Gasteiger partial charge on any atom is 0.312 e. The maximum atomic E-state index is 12.2. The molecule has 0 aromatic carbocycles. The van der Waals surface area contributed by atoms with Crippen LogP contribution in [-0.4, -0.2) is 24.1 Å². The van der Waals surface area contributed by atoms with Crippen LogP contribution in [0.5, 0.6) is 0 Å². The van der Waals surface area contributed by atoms with Gasteiger partial charge in [0.15, 0.2) is 5.79 Å². The molecule has 2 bridgehead atoms. The first-order valence-electron chi connectivity index (χ1n) is 6.35. The summed E-state index contributed by atoms with van der Waals surface area (Å²) in [5, 5.41) is 0. The van der Waals surface area contributed by atoms with Crippen LogP contribution in [-0.2, 0) is 14.3 Å². The molecule has 3 saturated carbocycles. The van der Waals surface area contributed by atoms with Gasteiger partial charge in [0.2, 0.25) is 0 Å². The minimum absolute atomic E-state index is 0.0170. The third-order valence-corrected chi connectivity index (χ3v) is 4.91. The zero-order valence-electron chi connectivity index (χ0n) is 10.3. The Balaban J connectivity index is 1.71. The summed E-state index contributed by atoms with van der Waals surface area (Å²) in [6, 6.07) is 0. The minimum atomic E-state index is -1.49. The molecule has 3 atom stereocenters. The molecule has 18 heavy (non-hydrogen) atoms. The van der Waals surface area contributed by atoms with Crippen LogP contribution in [0.25, 0.3) is 0 Å². The normalized spacial score (nSPS) is 41.5. The number of rotatable bonds is 3. The van der Waals surface area contributed by atoms with E-state index >= 15 is 0 Å². The van der Waals surface area contributed by atoms with Crippen molar-refractivity contribution in [3.63, 3.8) is 0 Å². The summed E-state index contributed by atoms with van der Waals surface area (Å²) in [4.78, 5) is 23.9. The highest BCUT2D eigenvalue weighted by Gasteiger charge is 2.78. The van der Waals surface area contributed by atoms with E-state index < -0.39 is 11.2 Å². The lowest BCUT2D eigenvalue weighted by molar-refractivity contribution is -0.153. The first kappa shape index (κ1) is 12.1. The fourth-order valence-corrected chi connectivity index (χ4v) is 3.98. The summed E-state index contributed by atoms with van der Waals surface area (Å²) in [5.74, 6) is -1.41. The summed E-state index contributed by atoms with van der Waals surface area (Å²) < 4.78 is 5.15. The highest BCUT2D eigenvalue weighted by Crippen LogP contribution is 2.79. The molecule has 6 heteroatoms. The molecule has 0 aliphatic heterocycles. The summed E-state index contributed by atoms with van der Waals surface area (Å²) in [6.07, 6.45) is 3.75. The number of hydrogen-bond acceptors (Lipinski definition) is 6. The van der Waals surface area contributed by atoms with Gasteiger partial charge in [-0.15, -0.1) is 0 Å². The van der Waals surface area contributed by atoms with Crippen LogP contribution >= 0.6 is 0 Å². The van der Waals surface area contributed by atoms with E-state index in [0.717, 1.165) is 19.3 Å². The SMILES string of the molecule is NC(N)(N)COC(=O)C12CC3CC1(CCC3=O)C2. The van der Waals surface area contributed by atoms with Gasteiger partial charge in [0.05, 0.1) is 5.41 Å². The second kappa shape index (κ2) is 3.31. The number of carbonyl (C=O) groups excluding carboxylic acids is 2. The molecular weight excluding hydrogens is 234 g/mol. The quantitative estimate of drug-likeness (QED) is 0.447. The maximum absolute atomic E-state index is 12.2. The third-order valence-electron chi connectivity index (χ3n) is 4.91. The Labute approximate surface area is 105 Å². The number of esters is 1. The standard InChI is InChI=1S/C12H19N3O3/c13-12(14,15)6-18-9(17)11-4-7-3-10(11,5-11)2-1-8(7)16/h7H,1-6,13-15H2. The lowest BCUT2D eigenvalue weighted by Crippen LogP contribution is -2.61. The van der Waals surface area contributed by atoms with E-state index in [1.165, 1.54) is 0 Å². The Morgan fingerprint density at radius 1 is 1.39 bits per heavy atom. The van der Waals surface area contributed by atoms with E-state index in [-0.39, 0.29) is 23.9 Å². The molecule has 0 heterocycles. The van der Waals surface area contributed by atoms with Gasteiger partial charge in [-0.2, -0.15) is 0 Å². The van der Waals surface area contributed by atoms with E-state index in [9.17, 15) is 9.59 Å². The van der Waals surface area contributed by atoms with Crippen LogP contribution in [0.3, 0.4) is 0 Å². The monoisotopic (exact) mass is 253 g/mol. The molecule has 3 aliphatic carbocycles. The number of ether oxygens (including phenoxy) is 1. The molecule has 0 amide bonds. The van der Waals surface area contributed by atoms with Crippen LogP contribution in [0.4, 0.5) is 0 Å². The Bertz CT molecular complexity index is 431. The van der Waals surface area contributed by atoms with Crippen molar-refractivity contribution in [1.29, 1.82) is 0 Å².